The predicted octanol–water partition coefficient (Wildman–Crippen LogP) is 7.92. The molecule has 0 amide bonds. The summed E-state index contributed by atoms with van der Waals surface area (Å²) in [5.74, 6) is -13.0. The average molecular weight is 499 g/mol. The molecule has 0 spiro atoms. The first kappa shape index (κ1) is 25.6. The smallest absolute Gasteiger partial charge is 0.343 e. The van der Waals surface area contributed by atoms with E-state index in [1.165, 1.54) is 19.1 Å². The van der Waals surface area contributed by atoms with E-state index in [1.54, 1.807) is 0 Å². The number of rotatable bonds is 8. The Morgan fingerprint density at radius 2 is 1.63 bits per heavy atom. The lowest BCUT2D eigenvalue weighted by molar-refractivity contribution is -0.228. The second-order valence-electron chi connectivity index (χ2n) is 9.15. The van der Waals surface area contributed by atoms with E-state index in [-0.39, 0.29) is 24.7 Å². The Morgan fingerprint density at radius 1 is 0.971 bits per heavy atom. The summed E-state index contributed by atoms with van der Waals surface area (Å²) in [5, 5.41) is 0. The van der Waals surface area contributed by atoms with Crippen LogP contribution < -0.4 is 4.74 Å². The zero-order valence-electron chi connectivity index (χ0n) is 19.5. The van der Waals surface area contributed by atoms with Crippen molar-refractivity contribution in [1.29, 1.82) is 0 Å². The van der Waals surface area contributed by atoms with Gasteiger partial charge in [-0.05, 0) is 80.2 Å². The SMILES string of the molecule is C=CCCC1CCC(CCc2ccc3c(c2F)C(F)(F)C(F)(F)c2c-3ccc(OCC)c2F)OC1. The Labute approximate surface area is 200 Å². The molecular formula is C27H28F6O2. The normalized spacial score (nSPS) is 22.3. The maximum Gasteiger partial charge on any atom is 0.343 e. The number of allylic oxidation sites excluding steroid dienone is 1. The van der Waals surface area contributed by atoms with Crippen LogP contribution in [0, 0.1) is 17.6 Å². The molecule has 2 nitrogen and oxygen atoms in total. The highest BCUT2D eigenvalue weighted by molar-refractivity contribution is 5.77. The van der Waals surface area contributed by atoms with Crippen molar-refractivity contribution in [3.05, 3.63) is 65.2 Å². The molecule has 2 atom stereocenters. The quantitative estimate of drug-likeness (QED) is 0.272. The molecule has 1 saturated heterocycles. The van der Waals surface area contributed by atoms with Crippen LogP contribution in [0.1, 0.15) is 55.7 Å². The molecule has 0 aromatic heterocycles. The van der Waals surface area contributed by atoms with Crippen LogP contribution in [0.25, 0.3) is 11.1 Å². The highest BCUT2D eigenvalue weighted by Crippen LogP contribution is 2.60. The van der Waals surface area contributed by atoms with E-state index in [0.29, 0.717) is 18.9 Å². The van der Waals surface area contributed by atoms with Crippen LogP contribution in [0.2, 0.25) is 0 Å². The Bertz CT molecular complexity index is 1090. The third-order valence-electron chi connectivity index (χ3n) is 6.92. The van der Waals surface area contributed by atoms with Gasteiger partial charge in [0.25, 0.3) is 0 Å². The molecule has 190 valence electrons. The molecule has 0 saturated carbocycles. The van der Waals surface area contributed by atoms with Crippen molar-refractivity contribution in [2.24, 2.45) is 5.92 Å². The molecule has 4 rings (SSSR count). The van der Waals surface area contributed by atoms with Gasteiger partial charge in [-0.2, -0.15) is 17.6 Å². The minimum absolute atomic E-state index is 0.0353. The number of hydrogen-bond donors (Lipinski definition) is 0. The van der Waals surface area contributed by atoms with Gasteiger partial charge < -0.3 is 9.47 Å². The van der Waals surface area contributed by atoms with Crippen LogP contribution in [0.3, 0.4) is 0 Å². The number of ether oxygens (including phenoxy) is 2. The molecule has 0 radical (unpaired) electrons. The lowest BCUT2D eigenvalue weighted by Crippen LogP contribution is -2.41. The third kappa shape index (κ3) is 4.46. The van der Waals surface area contributed by atoms with Gasteiger partial charge in [0.1, 0.15) is 5.82 Å². The molecule has 2 aliphatic rings. The van der Waals surface area contributed by atoms with E-state index in [9.17, 15) is 4.39 Å². The highest BCUT2D eigenvalue weighted by Gasteiger charge is 2.65. The molecule has 2 unspecified atom stereocenters. The van der Waals surface area contributed by atoms with Gasteiger partial charge in [0.05, 0.1) is 23.8 Å². The Balaban J connectivity index is 1.62. The van der Waals surface area contributed by atoms with Crippen LogP contribution in [0.15, 0.2) is 36.9 Å². The predicted molar refractivity (Wildman–Crippen MR) is 121 cm³/mol. The summed E-state index contributed by atoms with van der Waals surface area (Å²) in [6.45, 7) is 5.76. The highest BCUT2D eigenvalue weighted by atomic mass is 19.3. The van der Waals surface area contributed by atoms with Crippen LogP contribution in [-0.4, -0.2) is 19.3 Å². The summed E-state index contributed by atoms with van der Waals surface area (Å²) in [6.07, 6.45) is 5.74. The standard InChI is InChI=1S/C27H28F6O2/c1-3-5-6-16-7-10-18(35-15-16)11-8-17-9-12-19-20-13-14-21(34-4-2)25(29)23(20)27(32,33)26(30,31)22(19)24(17)28/h3,9,12-14,16,18H,1,4-8,10-11,15H2,2H3. The Kier molecular flexibility index (Phi) is 7.23. The molecule has 2 aromatic rings. The molecule has 1 aliphatic heterocycles. The van der Waals surface area contributed by atoms with Crippen LogP contribution >= 0.6 is 0 Å². The minimum Gasteiger partial charge on any atom is -0.491 e. The third-order valence-corrected chi connectivity index (χ3v) is 6.92. The fourth-order valence-electron chi connectivity index (χ4n) is 5.00. The summed E-state index contributed by atoms with van der Waals surface area (Å²) >= 11 is 0. The maximum absolute atomic E-state index is 15.4. The molecular weight excluding hydrogens is 470 g/mol. The average Bonchev–Trinajstić information content (AvgIpc) is 2.82. The number of hydrogen-bond acceptors (Lipinski definition) is 2. The zero-order chi connectivity index (χ0) is 25.4. The fraction of sp³-hybridized carbons (Fsp3) is 0.481. The van der Waals surface area contributed by atoms with Crippen molar-refractivity contribution < 1.29 is 35.8 Å². The largest absolute Gasteiger partial charge is 0.491 e. The van der Waals surface area contributed by atoms with E-state index in [4.69, 9.17) is 9.47 Å². The first-order valence-electron chi connectivity index (χ1n) is 11.9. The number of alkyl halides is 4. The van der Waals surface area contributed by atoms with E-state index in [2.05, 4.69) is 6.58 Å². The molecule has 0 bridgehead atoms. The van der Waals surface area contributed by atoms with Crippen molar-refractivity contribution in [1.82, 2.24) is 0 Å². The number of aryl methyl sites for hydroxylation is 1. The summed E-state index contributed by atoms with van der Waals surface area (Å²) in [6, 6.07) is 4.64. The second kappa shape index (κ2) is 9.88. The van der Waals surface area contributed by atoms with Gasteiger partial charge in [0, 0.05) is 6.61 Å². The van der Waals surface area contributed by atoms with Crippen LogP contribution in [-0.2, 0) is 23.0 Å². The molecule has 2 aromatic carbocycles. The molecule has 1 aliphatic carbocycles. The molecule has 0 N–H and O–H groups in total. The minimum atomic E-state index is -4.96. The summed E-state index contributed by atoms with van der Waals surface area (Å²) < 4.78 is 101. The topological polar surface area (TPSA) is 18.5 Å². The first-order chi connectivity index (χ1) is 16.6. The van der Waals surface area contributed by atoms with Gasteiger partial charge in [0.15, 0.2) is 11.6 Å². The summed E-state index contributed by atoms with van der Waals surface area (Å²) in [7, 11) is 0. The van der Waals surface area contributed by atoms with Crippen LogP contribution in [0.5, 0.6) is 5.75 Å². The van der Waals surface area contributed by atoms with E-state index < -0.39 is 51.5 Å². The zero-order valence-corrected chi connectivity index (χ0v) is 19.5. The van der Waals surface area contributed by atoms with Gasteiger partial charge in [0.2, 0.25) is 0 Å². The van der Waals surface area contributed by atoms with Gasteiger partial charge in [-0.3, -0.25) is 0 Å². The van der Waals surface area contributed by atoms with E-state index in [1.807, 2.05) is 6.08 Å². The molecule has 1 fully saturated rings. The van der Waals surface area contributed by atoms with E-state index >= 15 is 22.0 Å². The number of fused-ring (bicyclic) bond motifs is 3. The lowest BCUT2D eigenvalue weighted by Gasteiger charge is -2.36. The monoisotopic (exact) mass is 498 g/mol. The van der Waals surface area contributed by atoms with E-state index in [0.717, 1.165) is 37.8 Å². The summed E-state index contributed by atoms with van der Waals surface area (Å²) in [5.41, 5.74) is -3.88. The maximum atomic E-state index is 15.4. The van der Waals surface area contributed by atoms with Gasteiger partial charge in [-0.1, -0.05) is 18.2 Å². The second-order valence-corrected chi connectivity index (χ2v) is 9.15. The van der Waals surface area contributed by atoms with Crippen molar-refractivity contribution >= 4 is 0 Å². The van der Waals surface area contributed by atoms with Gasteiger partial charge in [-0.15, -0.1) is 6.58 Å². The number of benzene rings is 2. The van der Waals surface area contributed by atoms with Crippen molar-refractivity contribution in [2.45, 2.75) is 63.4 Å². The van der Waals surface area contributed by atoms with Crippen molar-refractivity contribution in [2.75, 3.05) is 13.2 Å². The Hall–Kier alpha value is -2.48. The Morgan fingerprint density at radius 3 is 2.23 bits per heavy atom. The first-order valence-corrected chi connectivity index (χ1v) is 11.9. The van der Waals surface area contributed by atoms with Crippen molar-refractivity contribution in [3.8, 4) is 16.9 Å². The van der Waals surface area contributed by atoms with Gasteiger partial charge >= 0.3 is 11.8 Å². The molecule has 8 heteroatoms. The van der Waals surface area contributed by atoms with Gasteiger partial charge in [-0.25, -0.2) is 8.78 Å². The molecule has 1 heterocycles. The summed E-state index contributed by atoms with van der Waals surface area (Å²) in [4.78, 5) is 0. The molecule has 35 heavy (non-hydrogen) atoms. The van der Waals surface area contributed by atoms with Crippen LogP contribution in [0.4, 0.5) is 26.3 Å². The van der Waals surface area contributed by atoms with Crippen molar-refractivity contribution in [3.63, 3.8) is 0 Å². The number of halogens is 6. The fourth-order valence-corrected chi connectivity index (χ4v) is 5.00. The lowest BCUT2D eigenvalue weighted by atomic mass is 9.78.